The van der Waals surface area contributed by atoms with Gasteiger partial charge in [0.25, 0.3) is 0 Å². The Kier molecular flexibility index (Phi) is 7.27. The molecule has 0 saturated heterocycles. The first-order valence-electron chi connectivity index (χ1n) is 10.6. The summed E-state index contributed by atoms with van der Waals surface area (Å²) in [7, 11) is 1.69. The minimum absolute atomic E-state index is 0.511. The molecule has 162 valence electrons. The summed E-state index contributed by atoms with van der Waals surface area (Å²) in [5.74, 6) is 2.53. The molecule has 0 aliphatic rings. The summed E-state index contributed by atoms with van der Waals surface area (Å²) in [6.45, 7) is 1.77. The minimum Gasteiger partial charge on any atom is -0.496 e. The third-order valence-corrected chi connectivity index (χ3v) is 5.11. The molecule has 4 heteroatoms. The van der Waals surface area contributed by atoms with Gasteiger partial charge in [-0.3, -0.25) is 0 Å². The molecular formula is C28H27NO3. The van der Waals surface area contributed by atoms with Crippen molar-refractivity contribution < 1.29 is 14.2 Å². The molecule has 0 aliphatic heterocycles. The fourth-order valence-electron chi connectivity index (χ4n) is 3.30. The van der Waals surface area contributed by atoms with Gasteiger partial charge in [-0.25, -0.2) is 0 Å². The molecule has 0 aromatic heterocycles. The second-order valence-electron chi connectivity index (χ2n) is 7.40. The van der Waals surface area contributed by atoms with E-state index in [1.807, 2.05) is 60.7 Å². The number of nitrogens with one attached hydrogen (secondary N) is 1. The zero-order valence-corrected chi connectivity index (χ0v) is 18.2. The van der Waals surface area contributed by atoms with Crippen LogP contribution in [-0.2, 0) is 19.8 Å². The van der Waals surface area contributed by atoms with Crippen molar-refractivity contribution in [3.05, 3.63) is 120 Å². The van der Waals surface area contributed by atoms with Crippen LogP contribution in [0, 0.1) is 0 Å². The molecule has 0 aliphatic carbocycles. The van der Waals surface area contributed by atoms with Crippen molar-refractivity contribution in [2.45, 2.75) is 19.8 Å². The summed E-state index contributed by atoms with van der Waals surface area (Å²) < 4.78 is 17.1. The Hall–Kier alpha value is -3.92. The molecule has 0 spiro atoms. The molecule has 0 atom stereocenters. The van der Waals surface area contributed by atoms with Gasteiger partial charge >= 0.3 is 0 Å². The largest absolute Gasteiger partial charge is 0.496 e. The number of anilines is 1. The molecule has 0 bridgehead atoms. The monoisotopic (exact) mass is 425 g/mol. The van der Waals surface area contributed by atoms with Crippen molar-refractivity contribution in [1.29, 1.82) is 0 Å². The maximum Gasteiger partial charge on any atom is 0.123 e. The normalized spacial score (nSPS) is 10.4. The Morgan fingerprint density at radius 2 is 1.16 bits per heavy atom. The lowest BCUT2D eigenvalue weighted by Crippen LogP contribution is -2.02. The van der Waals surface area contributed by atoms with Crippen LogP contribution >= 0.6 is 0 Å². The van der Waals surface area contributed by atoms with Crippen LogP contribution in [0.1, 0.15) is 16.7 Å². The fraction of sp³-hybridized carbons (Fsp3) is 0.143. The second-order valence-corrected chi connectivity index (χ2v) is 7.40. The summed E-state index contributed by atoms with van der Waals surface area (Å²) >= 11 is 0. The van der Waals surface area contributed by atoms with Crippen LogP contribution in [0.5, 0.6) is 17.2 Å². The van der Waals surface area contributed by atoms with Crippen molar-refractivity contribution in [2.75, 3.05) is 12.4 Å². The van der Waals surface area contributed by atoms with Crippen LogP contribution in [0.15, 0.2) is 103 Å². The molecule has 0 radical (unpaired) electrons. The molecule has 0 heterocycles. The highest BCUT2D eigenvalue weighted by atomic mass is 16.5. The van der Waals surface area contributed by atoms with Crippen molar-refractivity contribution in [1.82, 2.24) is 0 Å². The van der Waals surface area contributed by atoms with Gasteiger partial charge in [-0.1, -0.05) is 60.7 Å². The average Bonchev–Trinajstić information content (AvgIpc) is 2.87. The van der Waals surface area contributed by atoms with Gasteiger partial charge in [0.05, 0.1) is 7.11 Å². The summed E-state index contributed by atoms with van der Waals surface area (Å²) in [4.78, 5) is 0. The lowest BCUT2D eigenvalue weighted by Gasteiger charge is -2.11. The van der Waals surface area contributed by atoms with Gasteiger partial charge in [-0.2, -0.15) is 0 Å². The smallest absolute Gasteiger partial charge is 0.123 e. The third kappa shape index (κ3) is 6.05. The minimum atomic E-state index is 0.511. The van der Waals surface area contributed by atoms with Gasteiger partial charge in [0.15, 0.2) is 0 Å². The van der Waals surface area contributed by atoms with Gasteiger partial charge in [-0.15, -0.1) is 0 Å². The van der Waals surface area contributed by atoms with Crippen molar-refractivity contribution in [3.8, 4) is 17.2 Å². The maximum atomic E-state index is 5.92. The topological polar surface area (TPSA) is 39.7 Å². The average molecular weight is 426 g/mol. The summed E-state index contributed by atoms with van der Waals surface area (Å²) in [5.41, 5.74) is 4.43. The number of ether oxygens (including phenoxy) is 3. The summed E-state index contributed by atoms with van der Waals surface area (Å²) in [5, 5.41) is 3.43. The van der Waals surface area contributed by atoms with E-state index in [0.717, 1.165) is 39.6 Å². The van der Waals surface area contributed by atoms with Gasteiger partial charge in [-0.05, 0) is 53.6 Å². The van der Waals surface area contributed by atoms with E-state index in [2.05, 4.69) is 47.8 Å². The zero-order chi connectivity index (χ0) is 22.0. The Morgan fingerprint density at radius 3 is 1.78 bits per heavy atom. The highest BCUT2D eigenvalue weighted by molar-refractivity contribution is 5.46. The first-order chi connectivity index (χ1) is 15.8. The van der Waals surface area contributed by atoms with Gasteiger partial charge in [0, 0.05) is 17.8 Å². The van der Waals surface area contributed by atoms with Crippen molar-refractivity contribution in [3.63, 3.8) is 0 Å². The molecule has 4 rings (SSSR count). The van der Waals surface area contributed by atoms with Crippen LogP contribution in [0.3, 0.4) is 0 Å². The number of hydrogen-bond acceptors (Lipinski definition) is 4. The number of para-hydroxylation sites is 1. The van der Waals surface area contributed by atoms with Crippen LogP contribution in [0.4, 0.5) is 5.69 Å². The Morgan fingerprint density at radius 1 is 0.594 bits per heavy atom. The highest BCUT2D eigenvalue weighted by Gasteiger charge is 2.02. The summed E-state index contributed by atoms with van der Waals surface area (Å²) in [6.07, 6.45) is 0. The molecule has 1 N–H and O–H groups in total. The van der Waals surface area contributed by atoms with Gasteiger partial charge in [0.2, 0.25) is 0 Å². The van der Waals surface area contributed by atoms with E-state index in [1.165, 1.54) is 0 Å². The van der Waals surface area contributed by atoms with Crippen LogP contribution in [-0.4, -0.2) is 7.11 Å². The Bertz CT molecular complexity index is 1090. The quantitative estimate of drug-likeness (QED) is 0.316. The molecule has 0 saturated carbocycles. The molecule has 0 unspecified atom stereocenters. The Balaban J connectivity index is 1.24. The predicted molar refractivity (Wildman–Crippen MR) is 128 cm³/mol. The maximum absolute atomic E-state index is 5.92. The van der Waals surface area contributed by atoms with E-state index < -0.39 is 0 Å². The van der Waals surface area contributed by atoms with Crippen LogP contribution in [0.25, 0.3) is 0 Å². The predicted octanol–water partition coefficient (Wildman–Crippen LogP) is 6.47. The standard InChI is InChI=1S/C28H27NO3/c1-30-28-10-6-5-9-24(28)19-29-25-13-11-23(12-14-25)21-32-27-17-15-26(16-18-27)31-20-22-7-3-2-4-8-22/h2-18,29H,19-21H2,1H3. The number of benzene rings is 4. The van der Waals surface area contributed by atoms with E-state index in [4.69, 9.17) is 14.2 Å². The second kappa shape index (κ2) is 10.9. The lowest BCUT2D eigenvalue weighted by atomic mass is 10.2. The SMILES string of the molecule is COc1ccccc1CNc1ccc(COc2ccc(OCc3ccccc3)cc2)cc1. The highest BCUT2D eigenvalue weighted by Crippen LogP contribution is 2.21. The first kappa shape index (κ1) is 21.3. The fourth-order valence-corrected chi connectivity index (χ4v) is 3.30. The zero-order valence-electron chi connectivity index (χ0n) is 18.2. The van der Waals surface area contributed by atoms with E-state index in [0.29, 0.717) is 19.8 Å². The van der Waals surface area contributed by atoms with Crippen molar-refractivity contribution >= 4 is 5.69 Å². The Labute approximate surface area is 189 Å². The van der Waals surface area contributed by atoms with E-state index in [9.17, 15) is 0 Å². The number of hydrogen-bond donors (Lipinski definition) is 1. The van der Waals surface area contributed by atoms with Crippen LogP contribution < -0.4 is 19.5 Å². The molecule has 4 aromatic rings. The molecule has 32 heavy (non-hydrogen) atoms. The molecule has 0 fully saturated rings. The first-order valence-corrected chi connectivity index (χ1v) is 10.6. The number of methoxy groups -OCH3 is 1. The van der Waals surface area contributed by atoms with Crippen molar-refractivity contribution in [2.24, 2.45) is 0 Å². The van der Waals surface area contributed by atoms with Crippen LogP contribution in [0.2, 0.25) is 0 Å². The molecule has 4 nitrogen and oxygen atoms in total. The van der Waals surface area contributed by atoms with E-state index in [1.54, 1.807) is 7.11 Å². The molecule has 4 aromatic carbocycles. The van der Waals surface area contributed by atoms with Gasteiger partial charge < -0.3 is 19.5 Å². The molecule has 0 amide bonds. The summed E-state index contributed by atoms with van der Waals surface area (Å²) in [6, 6.07) is 34.2. The van der Waals surface area contributed by atoms with Gasteiger partial charge in [0.1, 0.15) is 30.5 Å². The van der Waals surface area contributed by atoms with E-state index in [-0.39, 0.29) is 0 Å². The third-order valence-electron chi connectivity index (χ3n) is 5.11. The lowest BCUT2D eigenvalue weighted by molar-refractivity contribution is 0.297. The number of rotatable bonds is 10. The van der Waals surface area contributed by atoms with E-state index >= 15 is 0 Å². The molecular weight excluding hydrogens is 398 g/mol.